The number of aromatic nitrogens is 2. The van der Waals surface area contributed by atoms with Crippen LogP contribution in [0.3, 0.4) is 0 Å². The van der Waals surface area contributed by atoms with Crippen LogP contribution in [0.25, 0.3) is 0 Å². The topological polar surface area (TPSA) is 75.4 Å². The van der Waals surface area contributed by atoms with E-state index in [1.165, 1.54) is 18.1 Å². The number of likely N-dealkylation sites (tertiary alicyclic amines) is 1. The molecule has 0 bridgehead atoms. The second-order valence-electron chi connectivity index (χ2n) is 9.21. The number of Topliss-reactive ketones (excluding diaryl/α,β-unsaturated/α-hetero) is 1. The van der Waals surface area contributed by atoms with Gasteiger partial charge in [0.05, 0.1) is 6.42 Å². The van der Waals surface area contributed by atoms with Crippen molar-refractivity contribution in [3.63, 3.8) is 0 Å². The number of halogens is 3. The van der Waals surface area contributed by atoms with Gasteiger partial charge >= 0.3 is 6.18 Å². The number of ketones is 1. The summed E-state index contributed by atoms with van der Waals surface area (Å²) in [6, 6.07) is 7.52. The van der Waals surface area contributed by atoms with Crippen molar-refractivity contribution in [2.75, 3.05) is 13.1 Å². The number of piperidine rings is 1. The van der Waals surface area contributed by atoms with Gasteiger partial charge in [0.2, 0.25) is 11.5 Å². The summed E-state index contributed by atoms with van der Waals surface area (Å²) in [7, 11) is 1.33. The molecule has 1 aliphatic heterocycles. The molecule has 1 amide bonds. The SMILES string of the molecule is CC(C)Cc1ccc(C(=O)C2CCN(C(=O)CC(O)(c3nccn3C)C(F)(F)F)CC2)cc1. The highest BCUT2D eigenvalue weighted by Gasteiger charge is 2.59. The van der Waals surface area contributed by atoms with Gasteiger partial charge in [-0.1, -0.05) is 38.1 Å². The number of aryl methyl sites for hydroxylation is 1. The molecular weight excluding hydrogens is 435 g/mol. The van der Waals surface area contributed by atoms with E-state index in [0.717, 1.165) is 22.7 Å². The molecule has 2 aromatic rings. The standard InChI is InChI=1S/C24H30F3N3O3/c1-16(2)14-17-4-6-18(7-5-17)21(32)19-8-11-30(12-9-19)20(31)15-23(33,24(25,26)27)22-28-10-13-29(22)3/h4-7,10,13,16,19,33H,8-9,11-12,14-15H2,1-3H3. The Morgan fingerprint density at radius 3 is 2.24 bits per heavy atom. The molecule has 3 rings (SSSR count). The molecule has 1 aromatic heterocycles. The van der Waals surface area contributed by atoms with Crippen LogP contribution in [0.4, 0.5) is 13.2 Å². The highest BCUT2D eigenvalue weighted by molar-refractivity contribution is 5.98. The quantitative estimate of drug-likeness (QED) is 0.630. The van der Waals surface area contributed by atoms with E-state index in [9.17, 15) is 27.9 Å². The number of imidazole rings is 1. The van der Waals surface area contributed by atoms with Gasteiger partial charge in [-0.15, -0.1) is 0 Å². The van der Waals surface area contributed by atoms with Crippen LogP contribution in [0.1, 0.15) is 54.9 Å². The van der Waals surface area contributed by atoms with Gasteiger partial charge in [0.25, 0.3) is 0 Å². The lowest BCUT2D eigenvalue weighted by molar-refractivity contribution is -0.272. The van der Waals surface area contributed by atoms with Crippen molar-refractivity contribution >= 4 is 11.7 Å². The first-order valence-corrected chi connectivity index (χ1v) is 11.1. The number of hydrogen-bond donors (Lipinski definition) is 1. The Balaban J connectivity index is 1.62. The second-order valence-corrected chi connectivity index (χ2v) is 9.21. The summed E-state index contributed by atoms with van der Waals surface area (Å²) in [5.74, 6) is -1.24. The summed E-state index contributed by atoms with van der Waals surface area (Å²) in [6.07, 6.45) is -2.14. The highest BCUT2D eigenvalue weighted by atomic mass is 19.4. The second kappa shape index (κ2) is 9.67. The lowest BCUT2D eigenvalue weighted by Crippen LogP contribution is -2.50. The number of nitrogens with zero attached hydrogens (tertiary/aromatic N) is 3. The van der Waals surface area contributed by atoms with E-state index in [2.05, 4.69) is 18.8 Å². The van der Waals surface area contributed by atoms with E-state index in [1.807, 2.05) is 24.3 Å². The molecule has 6 nitrogen and oxygen atoms in total. The first-order chi connectivity index (χ1) is 15.4. The maximum atomic E-state index is 13.7. The molecule has 33 heavy (non-hydrogen) atoms. The molecule has 9 heteroatoms. The Labute approximate surface area is 191 Å². The smallest absolute Gasteiger partial charge is 0.374 e. The zero-order valence-electron chi connectivity index (χ0n) is 19.1. The fourth-order valence-electron chi connectivity index (χ4n) is 4.30. The van der Waals surface area contributed by atoms with Crippen LogP contribution < -0.4 is 0 Å². The van der Waals surface area contributed by atoms with E-state index in [1.54, 1.807) is 0 Å². The van der Waals surface area contributed by atoms with Crippen LogP contribution in [0.2, 0.25) is 0 Å². The van der Waals surface area contributed by atoms with Crippen molar-refractivity contribution in [1.82, 2.24) is 14.5 Å². The Bertz CT molecular complexity index is 977. The number of alkyl halides is 3. The van der Waals surface area contributed by atoms with Crippen molar-refractivity contribution in [1.29, 1.82) is 0 Å². The van der Waals surface area contributed by atoms with Gasteiger partial charge in [-0.3, -0.25) is 9.59 Å². The van der Waals surface area contributed by atoms with Crippen molar-refractivity contribution in [2.45, 2.75) is 51.3 Å². The van der Waals surface area contributed by atoms with Crippen LogP contribution >= 0.6 is 0 Å². The van der Waals surface area contributed by atoms with Crippen molar-refractivity contribution in [2.24, 2.45) is 18.9 Å². The van der Waals surface area contributed by atoms with Crippen LogP contribution in [0.15, 0.2) is 36.7 Å². The van der Waals surface area contributed by atoms with Crippen LogP contribution in [-0.4, -0.2) is 50.5 Å². The first kappa shape index (κ1) is 25.0. The predicted octanol–water partition coefficient (Wildman–Crippen LogP) is 3.88. The molecular formula is C24H30F3N3O3. The highest BCUT2D eigenvalue weighted by Crippen LogP contribution is 2.41. The van der Waals surface area contributed by atoms with Crippen LogP contribution in [0, 0.1) is 11.8 Å². The first-order valence-electron chi connectivity index (χ1n) is 11.1. The average Bonchev–Trinajstić information content (AvgIpc) is 3.19. The summed E-state index contributed by atoms with van der Waals surface area (Å²) in [4.78, 5) is 30.5. The van der Waals surface area contributed by atoms with Crippen molar-refractivity contribution in [3.05, 3.63) is 53.6 Å². The van der Waals surface area contributed by atoms with E-state index < -0.39 is 29.9 Å². The summed E-state index contributed by atoms with van der Waals surface area (Å²) >= 11 is 0. The number of benzene rings is 1. The minimum atomic E-state index is -5.07. The van der Waals surface area contributed by atoms with Gasteiger partial charge in [0.1, 0.15) is 0 Å². The maximum Gasteiger partial charge on any atom is 0.425 e. The fourth-order valence-corrected chi connectivity index (χ4v) is 4.30. The normalized spacial score (nSPS) is 17.3. The van der Waals surface area contributed by atoms with Crippen molar-refractivity contribution in [3.8, 4) is 0 Å². The zero-order valence-corrected chi connectivity index (χ0v) is 19.1. The Kier molecular flexibility index (Phi) is 7.31. The van der Waals surface area contributed by atoms with E-state index >= 15 is 0 Å². The Morgan fingerprint density at radius 2 is 1.76 bits per heavy atom. The summed E-state index contributed by atoms with van der Waals surface area (Å²) < 4.78 is 42.2. The van der Waals surface area contributed by atoms with Crippen molar-refractivity contribution < 1.29 is 27.9 Å². The molecule has 1 unspecified atom stereocenters. The summed E-state index contributed by atoms with van der Waals surface area (Å²) in [5, 5.41) is 10.4. The van der Waals surface area contributed by atoms with Gasteiger partial charge in [0.15, 0.2) is 11.6 Å². The Hall–Kier alpha value is -2.68. The molecule has 0 saturated carbocycles. The molecule has 1 aromatic carbocycles. The molecule has 1 saturated heterocycles. The van der Waals surface area contributed by atoms with Gasteiger partial charge in [-0.25, -0.2) is 4.98 Å². The molecule has 0 radical (unpaired) electrons. The zero-order chi connectivity index (χ0) is 24.4. The molecule has 1 atom stereocenters. The summed E-state index contributed by atoms with van der Waals surface area (Å²) in [6.45, 7) is 4.57. The predicted molar refractivity (Wildman–Crippen MR) is 116 cm³/mol. The molecule has 1 fully saturated rings. The lowest BCUT2D eigenvalue weighted by Gasteiger charge is -2.35. The van der Waals surface area contributed by atoms with Gasteiger partial charge < -0.3 is 14.6 Å². The van der Waals surface area contributed by atoms with E-state index in [4.69, 9.17) is 0 Å². The minimum Gasteiger partial charge on any atom is -0.374 e. The number of hydrogen-bond acceptors (Lipinski definition) is 4. The third-order valence-electron chi connectivity index (χ3n) is 6.17. The lowest BCUT2D eigenvalue weighted by atomic mass is 9.87. The van der Waals surface area contributed by atoms with Crippen LogP contribution in [0.5, 0.6) is 0 Å². The van der Waals surface area contributed by atoms with Gasteiger partial charge in [0, 0.05) is 44.0 Å². The van der Waals surface area contributed by atoms with E-state index in [0.29, 0.717) is 24.3 Å². The molecule has 2 heterocycles. The largest absolute Gasteiger partial charge is 0.425 e. The Morgan fingerprint density at radius 1 is 1.15 bits per heavy atom. The number of carbonyl (C=O) groups is 2. The molecule has 1 N–H and O–H groups in total. The fraction of sp³-hybridized carbons (Fsp3) is 0.542. The van der Waals surface area contributed by atoms with Gasteiger partial charge in [-0.05, 0) is 30.7 Å². The van der Waals surface area contributed by atoms with Gasteiger partial charge in [-0.2, -0.15) is 13.2 Å². The number of carbonyl (C=O) groups excluding carboxylic acids is 2. The maximum absolute atomic E-state index is 13.7. The van der Waals surface area contributed by atoms with E-state index in [-0.39, 0.29) is 24.8 Å². The average molecular weight is 466 g/mol. The molecule has 1 aliphatic rings. The number of aliphatic hydroxyl groups is 1. The number of amides is 1. The number of rotatable bonds is 7. The minimum absolute atomic E-state index is 0.0157. The summed E-state index contributed by atoms with van der Waals surface area (Å²) in [5.41, 5.74) is -1.62. The third-order valence-corrected chi connectivity index (χ3v) is 6.17. The molecule has 0 spiro atoms. The van der Waals surface area contributed by atoms with Crippen LogP contribution in [-0.2, 0) is 23.9 Å². The third kappa shape index (κ3) is 5.46. The molecule has 0 aliphatic carbocycles. The molecule has 180 valence electrons. The monoisotopic (exact) mass is 465 g/mol.